The Labute approximate surface area is 161 Å². The molecular formula is C21H31N3O3. The molecule has 2 amide bonds. The van der Waals surface area contributed by atoms with Crippen LogP contribution in [0.15, 0.2) is 30.3 Å². The molecule has 0 aliphatic carbocycles. The maximum atomic E-state index is 12.5. The lowest BCUT2D eigenvalue weighted by molar-refractivity contribution is -0.138. The van der Waals surface area contributed by atoms with Gasteiger partial charge < -0.3 is 15.0 Å². The highest BCUT2D eigenvalue weighted by Crippen LogP contribution is 2.18. The Morgan fingerprint density at radius 1 is 1.15 bits per heavy atom. The van der Waals surface area contributed by atoms with Gasteiger partial charge in [0.1, 0.15) is 0 Å². The third-order valence-electron chi connectivity index (χ3n) is 5.43. The molecule has 1 atom stereocenters. The van der Waals surface area contributed by atoms with Gasteiger partial charge in [-0.05, 0) is 24.8 Å². The molecule has 1 aromatic carbocycles. The highest BCUT2D eigenvalue weighted by Gasteiger charge is 2.29. The Balaban J connectivity index is 1.37. The van der Waals surface area contributed by atoms with Gasteiger partial charge in [0.05, 0.1) is 19.1 Å². The second kappa shape index (κ2) is 10.4. The summed E-state index contributed by atoms with van der Waals surface area (Å²) < 4.78 is 5.36. The minimum Gasteiger partial charge on any atom is -0.379 e. The third-order valence-corrected chi connectivity index (χ3v) is 5.43. The van der Waals surface area contributed by atoms with Crippen molar-refractivity contribution in [2.45, 2.75) is 25.7 Å². The summed E-state index contributed by atoms with van der Waals surface area (Å²) >= 11 is 0. The zero-order valence-electron chi connectivity index (χ0n) is 16.1. The summed E-state index contributed by atoms with van der Waals surface area (Å²) in [6.07, 6.45) is 2.93. The first kappa shape index (κ1) is 19.8. The summed E-state index contributed by atoms with van der Waals surface area (Å²) in [6, 6.07) is 10.2. The normalized spacial score (nSPS) is 21.3. The SMILES string of the molecule is O=C(NCCc1ccccc1)[C@H]1CCC(=O)N(CCCN2CCOCC2)C1. The number of carbonyl (C=O) groups is 2. The first-order valence-corrected chi connectivity index (χ1v) is 10.1. The fourth-order valence-corrected chi connectivity index (χ4v) is 3.77. The topological polar surface area (TPSA) is 61.9 Å². The molecule has 0 unspecified atom stereocenters. The number of nitrogens with zero attached hydrogens (tertiary/aromatic N) is 2. The van der Waals surface area contributed by atoms with Crippen LogP contribution in [0, 0.1) is 5.92 Å². The predicted molar refractivity (Wildman–Crippen MR) is 104 cm³/mol. The van der Waals surface area contributed by atoms with Gasteiger partial charge in [-0.1, -0.05) is 30.3 Å². The van der Waals surface area contributed by atoms with Crippen LogP contribution in [0.4, 0.5) is 0 Å². The summed E-state index contributed by atoms with van der Waals surface area (Å²) in [5, 5.41) is 3.05. The van der Waals surface area contributed by atoms with Crippen molar-refractivity contribution in [3.8, 4) is 0 Å². The van der Waals surface area contributed by atoms with E-state index in [0.29, 0.717) is 25.9 Å². The molecule has 2 aliphatic heterocycles. The highest BCUT2D eigenvalue weighted by molar-refractivity contribution is 5.83. The van der Waals surface area contributed by atoms with Crippen LogP contribution in [0.5, 0.6) is 0 Å². The molecule has 6 nitrogen and oxygen atoms in total. The molecule has 1 aromatic rings. The lowest BCUT2D eigenvalue weighted by atomic mass is 9.96. The summed E-state index contributed by atoms with van der Waals surface area (Å²) in [4.78, 5) is 29.0. The zero-order chi connectivity index (χ0) is 18.9. The maximum absolute atomic E-state index is 12.5. The summed E-state index contributed by atoms with van der Waals surface area (Å²) in [5.74, 6) is 0.184. The molecule has 1 N–H and O–H groups in total. The summed E-state index contributed by atoms with van der Waals surface area (Å²) in [7, 11) is 0. The third kappa shape index (κ3) is 6.33. The molecule has 2 aliphatic rings. The van der Waals surface area contributed by atoms with Gasteiger partial charge in [0.2, 0.25) is 11.8 Å². The van der Waals surface area contributed by atoms with Crippen LogP contribution < -0.4 is 5.32 Å². The first-order chi connectivity index (χ1) is 13.2. The van der Waals surface area contributed by atoms with Gasteiger partial charge in [-0.15, -0.1) is 0 Å². The molecule has 0 aromatic heterocycles. The predicted octanol–water partition coefficient (Wildman–Crippen LogP) is 1.31. The van der Waals surface area contributed by atoms with E-state index in [-0.39, 0.29) is 17.7 Å². The molecule has 0 bridgehead atoms. The number of nitrogens with one attached hydrogen (secondary N) is 1. The van der Waals surface area contributed by atoms with Crippen molar-refractivity contribution < 1.29 is 14.3 Å². The average Bonchev–Trinajstić information content (AvgIpc) is 2.71. The molecule has 27 heavy (non-hydrogen) atoms. The number of piperidine rings is 1. The van der Waals surface area contributed by atoms with Crippen LogP contribution in [0.3, 0.4) is 0 Å². The van der Waals surface area contributed by atoms with Crippen LogP contribution in [0.2, 0.25) is 0 Å². The minimum absolute atomic E-state index is 0.0802. The van der Waals surface area contributed by atoms with Crippen molar-refractivity contribution in [3.05, 3.63) is 35.9 Å². The fourth-order valence-electron chi connectivity index (χ4n) is 3.77. The number of hydrogen-bond donors (Lipinski definition) is 1. The molecule has 2 fully saturated rings. The van der Waals surface area contributed by atoms with Crippen molar-refractivity contribution in [2.24, 2.45) is 5.92 Å². The maximum Gasteiger partial charge on any atom is 0.224 e. The Bertz CT molecular complexity index is 602. The van der Waals surface area contributed by atoms with E-state index in [4.69, 9.17) is 4.74 Å². The van der Waals surface area contributed by atoms with Crippen molar-refractivity contribution in [2.75, 3.05) is 52.5 Å². The fraction of sp³-hybridized carbons (Fsp3) is 0.619. The minimum atomic E-state index is -0.0816. The average molecular weight is 373 g/mol. The standard InChI is InChI=1S/C21H31N3O3/c25-20-8-7-19(21(26)22-10-9-18-5-2-1-3-6-18)17-24(20)12-4-11-23-13-15-27-16-14-23/h1-3,5-6,19H,4,7-17H2,(H,22,26)/t19-/m0/s1. The monoisotopic (exact) mass is 373 g/mol. The van der Waals surface area contributed by atoms with E-state index in [1.807, 2.05) is 23.1 Å². The van der Waals surface area contributed by atoms with Gasteiger partial charge in [-0.25, -0.2) is 0 Å². The largest absolute Gasteiger partial charge is 0.379 e. The number of likely N-dealkylation sites (tertiary alicyclic amines) is 1. The van der Waals surface area contributed by atoms with Crippen LogP contribution in [0.25, 0.3) is 0 Å². The van der Waals surface area contributed by atoms with Crippen LogP contribution in [0.1, 0.15) is 24.8 Å². The van der Waals surface area contributed by atoms with Crippen molar-refractivity contribution >= 4 is 11.8 Å². The van der Waals surface area contributed by atoms with E-state index < -0.39 is 0 Å². The van der Waals surface area contributed by atoms with E-state index in [1.165, 1.54) is 5.56 Å². The van der Waals surface area contributed by atoms with Crippen molar-refractivity contribution in [1.82, 2.24) is 15.1 Å². The zero-order valence-corrected chi connectivity index (χ0v) is 16.1. The van der Waals surface area contributed by atoms with Gasteiger partial charge >= 0.3 is 0 Å². The summed E-state index contributed by atoms with van der Waals surface area (Å²) in [5.41, 5.74) is 1.22. The number of rotatable bonds is 8. The smallest absolute Gasteiger partial charge is 0.224 e. The molecule has 6 heteroatoms. The number of morpholine rings is 1. The first-order valence-electron chi connectivity index (χ1n) is 10.1. The molecule has 3 rings (SSSR count). The Kier molecular flexibility index (Phi) is 7.66. The van der Waals surface area contributed by atoms with E-state index in [0.717, 1.165) is 52.2 Å². The van der Waals surface area contributed by atoms with Crippen LogP contribution in [-0.4, -0.2) is 74.1 Å². The van der Waals surface area contributed by atoms with Crippen molar-refractivity contribution in [3.63, 3.8) is 0 Å². The number of ether oxygens (including phenoxy) is 1. The van der Waals surface area contributed by atoms with E-state index in [9.17, 15) is 9.59 Å². The molecule has 0 saturated carbocycles. The van der Waals surface area contributed by atoms with Gasteiger partial charge in [0.25, 0.3) is 0 Å². The molecule has 0 spiro atoms. The number of benzene rings is 1. The van der Waals surface area contributed by atoms with Gasteiger partial charge in [0, 0.05) is 45.7 Å². The number of amides is 2. The summed E-state index contributed by atoms with van der Waals surface area (Å²) in [6.45, 7) is 6.47. The van der Waals surface area contributed by atoms with E-state index in [2.05, 4.69) is 22.3 Å². The van der Waals surface area contributed by atoms with E-state index >= 15 is 0 Å². The molecule has 2 heterocycles. The molecular weight excluding hydrogens is 342 g/mol. The Hall–Kier alpha value is -1.92. The Morgan fingerprint density at radius 2 is 1.93 bits per heavy atom. The van der Waals surface area contributed by atoms with Crippen LogP contribution >= 0.6 is 0 Å². The lowest BCUT2D eigenvalue weighted by Crippen LogP contribution is -2.47. The number of carbonyl (C=O) groups excluding carboxylic acids is 2. The molecule has 2 saturated heterocycles. The Morgan fingerprint density at radius 3 is 2.70 bits per heavy atom. The van der Waals surface area contributed by atoms with Gasteiger partial charge in [-0.2, -0.15) is 0 Å². The highest BCUT2D eigenvalue weighted by atomic mass is 16.5. The molecule has 0 radical (unpaired) electrons. The second-order valence-electron chi connectivity index (χ2n) is 7.41. The second-order valence-corrected chi connectivity index (χ2v) is 7.41. The van der Waals surface area contributed by atoms with E-state index in [1.54, 1.807) is 0 Å². The van der Waals surface area contributed by atoms with Gasteiger partial charge in [0.15, 0.2) is 0 Å². The van der Waals surface area contributed by atoms with Crippen molar-refractivity contribution in [1.29, 1.82) is 0 Å². The lowest BCUT2D eigenvalue weighted by Gasteiger charge is -2.33. The van der Waals surface area contributed by atoms with Gasteiger partial charge in [-0.3, -0.25) is 14.5 Å². The number of hydrogen-bond acceptors (Lipinski definition) is 4. The quantitative estimate of drug-likeness (QED) is 0.746. The van der Waals surface area contributed by atoms with Crippen LogP contribution in [-0.2, 0) is 20.7 Å². The molecule has 148 valence electrons.